The molecular weight excluding hydrogens is 184 g/mol. The van der Waals surface area contributed by atoms with Crippen molar-refractivity contribution in [2.75, 3.05) is 26.2 Å². The maximum atomic E-state index is 3.32. The van der Waals surface area contributed by atoms with E-state index in [0.717, 1.165) is 25.0 Å². The molecule has 2 heteroatoms. The molecule has 0 aromatic heterocycles. The van der Waals surface area contributed by atoms with Crippen LogP contribution in [0.4, 0.5) is 0 Å². The van der Waals surface area contributed by atoms with Crippen LogP contribution in [0.25, 0.3) is 0 Å². The number of hydrogen-bond donors (Lipinski definition) is 1. The number of rotatable bonds is 2. The van der Waals surface area contributed by atoms with E-state index in [9.17, 15) is 0 Å². The molecule has 86 valence electrons. The largest absolute Gasteiger partial charge is 0.309 e. The van der Waals surface area contributed by atoms with Crippen LogP contribution < -0.4 is 5.32 Å². The van der Waals surface area contributed by atoms with Crippen molar-refractivity contribution >= 4 is 0 Å². The average molecular weight is 208 g/mol. The summed E-state index contributed by atoms with van der Waals surface area (Å²) >= 11 is 0. The molecule has 2 aliphatic heterocycles. The first-order valence-electron chi connectivity index (χ1n) is 6.29. The third kappa shape index (κ3) is 2.61. The van der Waals surface area contributed by atoms with Gasteiger partial charge in [-0.05, 0) is 44.7 Å². The SMILES string of the molecule is CC(CN1CCC(C)CC1C)=C1CNC1. The highest BCUT2D eigenvalue weighted by Gasteiger charge is 2.23. The molecule has 0 radical (unpaired) electrons. The van der Waals surface area contributed by atoms with Crippen molar-refractivity contribution in [3.63, 3.8) is 0 Å². The summed E-state index contributed by atoms with van der Waals surface area (Å²) in [6.07, 6.45) is 2.76. The van der Waals surface area contributed by atoms with Crippen LogP contribution in [0.2, 0.25) is 0 Å². The van der Waals surface area contributed by atoms with E-state index in [0.29, 0.717) is 0 Å². The van der Waals surface area contributed by atoms with Crippen molar-refractivity contribution in [2.24, 2.45) is 5.92 Å². The molecule has 0 aromatic rings. The molecule has 0 aromatic carbocycles. The van der Waals surface area contributed by atoms with Crippen molar-refractivity contribution in [2.45, 2.75) is 39.7 Å². The fourth-order valence-electron chi connectivity index (χ4n) is 2.66. The zero-order valence-corrected chi connectivity index (χ0v) is 10.3. The predicted octanol–water partition coefficient (Wildman–Crippen LogP) is 2.03. The zero-order valence-electron chi connectivity index (χ0n) is 10.3. The lowest BCUT2D eigenvalue weighted by Gasteiger charge is -2.37. The number of hydrogen-bond acceptors (Lipinski definition) is 2. The molecule has 0 aliphatic carbocycles. The molecule has 2 rings (SSSR count). The third-order valence-corrected chi connectivity index (χ3v) is 4.00. The van der Waals surface area contributed by atoms with Gasteiger partial charge in [0.1, 0.15) is 0 Å². The maximum absolute atomic E-state index is 3.32. The summed E-state index contributed by atoms with van der Waals surface area (Å²) in [7, 11) is 0. The summed E-state index contributed by atoms with van der Waals surface area (Å²) in [5.41, 5.74) is 3.25. The Kier molecular flexibility index (Phi) is 3.47. The summed E-state index contributed by atoms with van der Waals surface area (Å²) in [4.78, 5) is 2.65. The van der Waals surface area contributed by atoms with Gasteiger partial charge in [-0.2, -0.15) is 0 Å². The summed E-state index contributed by atoms with van der Waals surface area (Å²) < 4.78 is 0. The van der Waals surface area contributed by atoms with E-state index in [4.69, 9.17) is 0 Å². The molecule has 0 bridgehead atoms. The minimum absolute atomic E-state index is 0.775. The van der Waals surface area contributed by atoms with Gasteiger partial charge >= 0.3 is 0 Å². The molecular formula is C13H24N2. The summed E-state index contributed by atoms with van der Waals surface area (Å²) in [6.45, 7) is 11.8. The van der Waals surface area contributed by atoms with Crippen molar-refractivity contribution in [1.29, 1.82) is 0 Å². The Morgan fingerprint density at radius 1 is 1.40 bits per heavy atom. The lowest BCUT2D eigenvalue weighted by atomic mass is 9.92. The Hall–Kier alpha value is -0.340. The van der Waals surface area contributed by atoms with E-state index < -0.39 is 0 Å². The minimum Gasteiger partial charge on any atom is -0.309 e. The van der Waals surface area contributed by atoms with Crippen molar-refractivity contribution in [3.8, 4) is 0 Å². The van der Waals surface area contributed by atoms with Gasteiger partial charge in [0.25, 0.3) is 0 Å². The Morgan fingerprint density at radius 3 is 2.67 bits per heavy atom. The first-order valence-corrected chi connectivity index (χ1v) is 6.29. The van der Waals surface area contributed by atoms with Crippen molar-refractivity contribution in [1.82, 2.24) is 10.2 Å². The molecule has 15 heavy (non-hydrogen) atoms. The van der Waals surface area contributed by atoms with Crippen LogP contribution >= 0.6 is 0 Å². The van der Waals surface area contributed by atoms with Gasteiger partial charge in [-0.1, -0.05) is 12.5 Å². The molecule has 2 atom stereocenters. The standard InChI is InChI=1S/C13H24N2/c1-10-4-5-15(12(3)6-10)9-11(2)13-7-14-8-13/h10,12,14H,4-9H2,1-3H3. The van der Waals surface area contributed by atoms with Crippen LogP contribution in [-0.2, 0) is 0 Å². The minimum atomic E-state index is 0.775. The first-order chi connectivity index (χ1) is 7.16. The lowest BCUT2D eigenvalue weighted by Crippen LogP contribution is -2.42. The molecule has 2 aliphatic rings. The first kappa shape index (κ1) is 11.2. The Labute approximate surface area is 93.7 Å². The average Bonchev–Trinajstić information content (AvgIpc) is 2.07. The molecule has 0 saturated carbocycles. The Balaban J connectivity index is 1.88. The van der Waals surface area contributed by atoms with E-state index >= 15 is 0 Å². The van der Waals surface area contributed by atoms with Gasteiger partial charge in [-0.15, -0.1) is 0 Å². The Bertz CT molecular complexity index is 251. The van der Waals surface area contributed by atoms with Gasteiger partial charge < -0.3 is 5.32 Å². The fraction of sp³-hybridized carbons (Fsp3) is 0.846. The molecule has 2 heterocycles. The smallest absolute Gasteiger partial charge is 0.0196 e. The number of nitrogens with zero attached hydrogens (tertiary/aromatic N) is 1. The Morgan fingerprint density at radius 2 is 2.13 bits per heavy atom. The second kappa shape index (κ2) is 4.67. The van der Waals surface area contributed by atoms with Gasteiger partial charge in [0, 0.05) is 25.7 Å². The third-order valence-electron chi connectivity index (χ3n) is 4.00. The fourth-order valence-corrected chi connectivity index (χ4v) is 2.66. The zero-order chi connectivity index (χ0) is 10.8. The quantitative estimate of drug-likeness (QED) is 0.699. The maximum Gasteiger partial charge on any atom is 0.0196 e. The number of piperidine rings is 1. The van der Waals surface area contributed by atoms with Gasteiger partial charge in [0.15, 0.2) is 0 Å². The van der Waals surface area contributed by atoms with Gasteiger partial charge in [-0.25, -0.2) is 0 Å². The second-order valence-corrected chi connectivity index (χ2v) is 5.44. The molecule has 2 saturated heterocycles. The van der Waals surface area contributed by atoms with Crippen molar-refractivity contribution in [3.05, 3.63) is 11.1 Å². The van der Waals surface area contributed by atoms with Crippen LogP contribution in [0.3, 0.4) is 0 Å². The van der Waals surface area contributed by atoms with Gasteiger partial charge in [0.05, 0.1) is 0 Å². The molecule has 0 spiro atoms. The van der Waals surface area contributed by atoms with E-state index in [1.54, 1.807) is 11.1 Å². The highest BCUT2D eigenvalue weighted by Crippen LogP contribution is 2.23. The number of likely N-dealkylation sites (tertiary alicyclic amines) is 1. The molecule has 1 N–H and O–H groups in total. The number of nitrogens with one attached hydrogen (secondary N) is 1. The van der Waals surface area contributed by atoms with Crippen LogP contribution in [0, 0.1) is 5.92 Å². The van der Waals surface area contributed by atoms with Crippen LogP contribution in [-0.4, -0.2) is 37.1 Å². The van der Waals surface area contributed by atoms with Gasteiger partial charge in [-0.3, -0.25) is 4.90 Å². The van der Waals surface area contributed by atoms with Crippen LogP contribution in [0.15, 0.2) is 11.1 Å². The van der Waals surface area contributed by atoms with Crippen LogP contribution in [0.5, 0.6) is 0 Å². The molecule has 2 fully saturated rings. The highest BCUT2D eigenvalue weighted by molar-refractivity contribution is 5.22. The normalized spacial score (nSPS) is 32.6. The van der Waals surface area contributed by atoms with E-state index in [-0.39, 0.29) is 0 Å². The molecule has 2 nitrogen and oxygen atoms in total. The summed E-state index contributed by atoms with van der Waals surface area (Å²) in [5, 5.41) is 3.32. The molecule has 2 unspecified atom stereocenters. The summed E-state index contributed by atoms with van der Waals surface area (Å²) in [6, 6.07) is 0.775. The second-order valence-electron chi connectivity index (χ2n) is 5.44. The van der Waals surface area contributed by atoms with E-state index in [1.165, 1.54) is 25.9 Å². The van der Waals surface area contributed by atoms with Crippen molar-refractivity contribution < 1.29 is 0 Å². The monoisotopic (exact) mass is 208 g/mol. The summed E-state index contributed by atoms with van der Waals surface area (Å²) in [5.74, 6) is 0.926. The predicted molar refractivity (Wildman–Crippen MR) is 65.0 cm³/mol. The van der Waals surface area contributed by atoms with E-state index in [2.05, 4.69) is 31.0 Å². The van der Waals surface area contributed by atoms with E-state index in [1.807, 2.05) is 0 Å². The molecule has 0 amide bonds. The van der Waals surface area contributed by atoms with Crippen LogP contribution in [0.1, 0.15) is 33.6 Å². The lowest BCUT2D eigenvalue weighted by molar-refractivity contribution is 0.140. The topological polar surface area (TPSA) is 15.3 Å². The van der Waals surface area contributed by atoms with Gasteiger partial charge in [0.2, 0.25) is 0 Å². The highest BCUT2D eigenvalue weighted by atomic mass is 15.2.